The van der Waals surface area contributed by atoms with E-state index < -0.39 is 0 Å². The molecule has 3 N–H and O–H groups in total. The van der Waals surface area contributed by atoms with Gasteiger partial charge in [0.05, 0.1) is 6.10 Å². The van der Waals surface area contributed by atoms with Gasteiger partial charge in [-0.25, -0.2) is 0 Å². The van der Waals surface area contributed by atoms with E-state index >= 15 is 0 Å². The first kappa shape index (κ1) is 12.9. The maximum Gasteiger partial charge on any atom is 0.0585 e. The number of aliphatic hydroxyl groups is 1. The normalized spacial score (nSPS) is 45.2. The van der Waals surface area contributed by atoms with Gasteiger partial charge in [0.2, 0.25) is 0 Å². The number of rotatable bonds is 5. The fourth-order valence-electron chi connectivity index (χ4n) is 5.75. The smallest absolute Gasteiger partial charge is 0.0585 e. The molecule has 4 aliphatic rings. The van der Waals surface area contributed by atoms with Gasteiger partial charge in [-0.05, 0) is 87.0 Å². The summed E-state index contributed by atoms with van der Waals surface area (Å²) < 4.78 is 0. The SMILES string of the molecule is CCC(CN)C(O)CC12CC3CC(CC(C3)C1)C2. The molecule has 2 atom stereocenters. The number of nitrogens with two attached hydrogens (primary N) is 1. The molecule has 0 aromatic carbocycles. The summed E-state index contributed by atoms with van der Waals surface area (Å²) in [5.74, 6) is 3.28. The second kappa shape index (κ2) is 4.79. The van der Waals surface area contributed by atoms with E-state index in [9.17, 15) is 5.11 Å². The van der Waals surface area contributed by atoms with Gasteiger partial charge in [0.15, 0.2) is 0 Å². The van der Waals surface area contributed by atoms with Crippen molar-refractivity contribution in [2.24, 2.45) is 34.8 Å². The highest BCUT2D eigenvalue weighted by Crippen LogP contribution is 2.61. The van der Waals surface area contributed by atoms with Gasteiger partial charge in [0, 0.05) is 0 Å². The molecule has 0 amide bonds. The van der Waals surface area contributed by atoms with Crippen LogP contribution in [-0.4, -0.2) is 17.8 Å². The van der Waals surface area contributed by atoms with Crippen LogP contribution in [-0.2, 0) is 0 Å². The molecule has 104 valence electrons. The Morgan fingerprint density at radius 1 is 1.11 bits per heavy atom. The van der Waals surface area contributed by atoms with Gasteiger partial charge >= 0.3 is 0 Å². The zero-order valence-corrected chi connectivity index (χ0v) is 11.8. The number of hydrogen-bond acceptors (Lipinski definition) is 2. The number of hydrogen-bond donors (Lipinski definition) is 2. The second-order valence-corrected chi connectivity index (χ2v) is 7.59. The predicted octanol–water partition coefficient (Wildman–Crippen LogP) is 2.94. The van der Waals surface area contributed by atoms with Crippen molar-refractivity contribution in [3.8, 4) is 0 Å². The monoisotopic (exact) mass is 251 g/mol. The first-order valence-electron chi connectivity index (χ1n) is 8.02. The van der Waals surface area contributed by atoms with Crippen LogP contribution in [0.2, 0.25) is 0 Å². The maximum absolute atomic E-state index is 10.5. The molecule has 4 aliphatic carbocycles. The van der Waals surface area contributed by atoms with E-state index in [2.05, 4.69) is 6.92 Å². The zero-order chi connectivity index (χ0) is 12.8. The van der Waals surface area contributed by atoms with Crippen molar-refractivity contribution in [2.45, 2.75) is 64.4 Å². The molecule has 2 nitrogen and oxygen atoms in total. The van der Waals surface area contributed by atoms with Crippen molar-refractivity contribution in [2.75, 3.05) is 6.54 Å². The molecule has 0 spiro atoms. The zero-order valence-electron chi connectivity index (χ0n) is 11.8. The lowest BCUT2D eigenvalue weighted by atomic mass is 9.48. The molecular weight excluding hydrogens is 222 g/mol. The molecule has 18 heavy (non-hydrogen) atoms. The molecule has 4 fully saturated rings. The molecule has 2 heteroatoms. The Hall–Kier alpha value is -0.0800. The highest BCUT2D eigenvalue weighted by atomic mass is 16.3. The lowest BCUT2D eigenvalue weighted by Gasteiger charge is -2.57. The Bertz CT molecular complexity index is 262. The van der Waals surface area contributed by atoms with Crippen LogP contribution in [0.25, 0.3) is 0 Å². The van der Waals surface area contributed by atoms with Gasteiger partial charge in [-0.1, -0.05) is 6.92 Å². The Morgan fingerprint density at radius 3 is 2.00 bits per heavy atom. The van der Waals surface area contributed by atoms with Gasteiger partial charge in [-0.15, -0.1) is 0 Å². The van der Waals surface area contributed by atoms with Crippen LogP contribution in [0.5, 0.6) is 0 Å². The van der Waals surface area contributed by atoms with Gasteiger partial charge in [0.25, 0.3) is 0 Å². The largest absolute Gasteiger partial charge is 0.393 e. The van der Waals surface area contributed by atoms with E-state index in [-0.39, 0.29) is 6.10 Å². The predicted molar refractivity (Wildman–Crippen MR) is 74.1 cm³/mol. The molecule has 4 bridgehead atoms. The Balaban J connectivity index is 1.68. The van der Waals surface area contributed by atoms with Crippen molar-refractivity contribution < 1.29 is 5.11 Å². The minimum Gasteiger partial charge on any atom is -0.393 e. The minimum absolute atomic E-state index is 0.156. The van der Waals surface area contributed by atoms with E-state index in [0.717, 1.165) is 30.6 Å². The maximum atomic E-state index is 10.5. The first-order valence-corrected chi connectivity index (χ1v) is 8.02. The van der Waals surface area contributed by atoms with Crippen LogP contribution < -0.4 is 5.73 Å². The lowest BCUT2D eigenvalue weighted by Crippen LogP contribution is -2.48. The van der Waals surface area contributed by atoms with Crippen molar-refractivity contribution in [3.05, 3.63) is 0 Å². The quantitative estimate of drug-likeness (QED) is 0.789. The molecule has 0 radical (unpaired) electrons. The van der Waals surface area contributed by atoms with Crippen LogP contribution in [0.4, 0.5) is 0 Å². The molecule has 0 saturated heterocycles. The fraction of sp³-hybridized carbons (Fsp3) is 1.00. The van der Waals surface area contributed by atoms with Crippen molar-refractivity contribution >= 4 is 0 Å². The third kappa shape index (κ3) is 2.22. The minimum atomic E-state index is -0.156. The molecule has 0 aromatic rings. The van der Waals surface area contributed by atoms with Crippen LogP contribution in [0.1, 0.15) is 58.3 Å². The summed E-state index contributed by atoms with van der Waals surface area (Å²) in [6.07, 6.45) is 10.6. The molecular formula is C16H29NO. The number of aliphatic hydroxyl groups excluding tert-OH is 1. The Morgan fingerprint density at radius 2 is 1.61 bits per heavy atom. The summed E-state index contributed by atoms with van der Waals surface area (Å²) in [5.41, 5.74) is 6.29. The summed E-state index contributed by atoms with van der Waals surface area (Å²) in [4.78, 5) is 0. The topological polar surface area (TPSA) is 46.2 Å². The van der Waals surface area contributed by atoms with Crippen molar-refractivity contribution in [1.82, 2.24) is 0 Å². The molecule has 4 rings (SSSR count). The van der Waals surface area contributed by atoms with Crippen LogP contribution in [0.15, 0.2) is 0 Å². The van der Waals surface area contributed by atoms with Gasteiger partial charge in [0.1, 0.15) is 0 Å². The van der Waals surface area contributed by atoms with Crippen LogP contribution >= 0.6 is 0 Å². The highest BCUT2D eigenvalue weighted by molar-refractivity contribution is 5.02. The Labute approximate surface area is 111 Å². The van der Waals surface area contributed by atoms with Crippen molar-refractivity contribution in [1.29, 1.82) is 0 Å². The standard InChI is InChI=1S/C16H29NO/c1-2-14(10-17)15(18)9-16-6-11-3-12(7-16)5-13(4-11)8-16/h11-15,18H,2-10,17H2,1H3. The lowest BCUT2D eigenvalue weighted by molar-refractivity contribution is -0.0830. The average Bonchev–Trinajstić information content (AvgIpc) is 2.27. The molecule has 0 aromatic heterocycles. The fourth-order valence-corrected chi connectivity index (χ4v) is 5.75. The average molecular weight is 251 g/mol. The molecule has 2 unspecified atom stereocenters. The van der Waals surface area contributed by atoms with Crippen molar-refractivity contribution in [3.63, 3.8) is 0 Å². The molecule has 0 heterocycles. The van der Waals surface area contributed by atoms with E-state index in [4.69, 9.17) is 5.73 Å². The van der Waals surface area contributed by atoms with E-state index in [1.807, 2.05) is 0 Å². The molecule has 0 aliphatic heterocycles. The summed E-state index contributed by atoms with van der Waals surface area (Å²) in [6.45, 7) is 2.80. The van der Waals surface area contributed by atoms with Gasteiger partial charge in [-0.3, -0.25) is 0 Å². The molecule has 4 saturated carbocycles. The Kier molecular flexibility index (Phi) is 3.44. The highest BCUT2D eigenvalue weighted by Gasteiger charge is 2.51. The second-order valence-electron chi connectivity index (χ2n) is 7.59. The van der Waals surface area contributed by atoms with E-state index in [0.29, 0.717) is 17.9 Å². The van der Waals surface area contributed by atoms with Crippen LogP contribution in [0.3, 0.4) is 0 Å². The first-order chi connectivity index (χ1) is 8.64. The summed E-state index contributed by atoms with van der Waals surface area (Å²) >= 11 is 0. The van der Waals surface area contributed by atoms with Gasteiger partial charge in [-0.2, -0.15) is 0 Å². The van der Waals surface area contributed by atoms with E-state index in [1.54, 1.807) is 0 Å². The third-order valence-corrected chi connectivity index (χ3v) is 6.18. The third-order valence-electron chi connectivity index (χ3n) is 6.18. The van der Waals surface area contributed by atoms with E-state index in [1.165, 1.54) is 38.5 Å². The summed E-state index contributed by atoms with van der Waals surface area (Å²) in [7, 11) is 0. The summed E-state index contributed by atoms with van der Waals surface area (Å²) in [6, 6.07) is 0. The summed E-state index contributed by atoms with van der Waals surface area (Å²) in [5, 5.41) is 10.5. The van der Waals surface area contributed by atoms with Crippen LogP contribution in [0, 0.1) is 29.1 Å². The van der Waals surface area contributed by atoms with Gasteiger partial charge < -0.3 is 10.8 Å².